The predicted molar refractivity (Wildman–Crippen MR) is 69.0 cm³/mol. The lowest BCUT2D eigenvalue weighted by Gasteiger charge is -2.11. The molecule has 1 atom stereocenters. The van der Waals surface area contributed by atoms with Gasteiger partial charge in [-0.1, -0.05) is 0 Å². The molecule has 16 heavy (non-hydrogen) atoms. The number of hydrogen-bond acceptors (Lipinski definition) is 6. The first-order chi connectivity index (χ1) is 7.65. The first-order valence-electron chi connectivity index (χ1n) is 4.82. The molecule has 1 aromatic heterocycles. The Morgan fingerprint density at radius 2 is 2.62 bits per heavy atom. The molecule has 0 saturated carbocycles. The molecule has 5 nitrogen and oxygen atoms in total. The van der Waals surface area contributed by atoms with Crippen molar-refractivity contribution in [3.05, 3.63) is 16.7 Å². The zero-order valence-electron chi connectivity index (χ0n) is 8.81. The largest absolute Gasteiger partial charge is 0.475 e. The van der Waals surface area contributed by atoms with Crippen LogP contribution in [0, 0.1) is 0 Å². The van der Waals surface area contributed by atoms with Gasteiger partial charge in [0.05, 0.1) is 22.4 Å². The van der Waals surface area contributed by atoms with Crippen molar-refractivity contribution < 1.29 is 4.74 Å². The Labute approximate surface area is 107 Å². The molecule has 7 heteroatoms. The number of ether oxygens (including phenoxy) is 1. The number of anilines is 1. The highest BCUT2D eigenvalue weighted by Gasteiger charge is 2.20. The summed E-state index contributed by atoms with van der Waals surface area (Å²) in [6.07, 6.45) is 1.59. The minimum atomic E-state index is 0.321. The quantitative estimate of drug-likeness (QED) is 0.820. The Kier molecular flexibility index (Phi) is 3.91. The van der Waals surface area contributed by atoms with E-state index >= 15 is 0 Å². The van der Waals surface area contributed by atoms with Crippen molar-refractivity contribution >= 4 is 33.8 Å². The van der Waals surface area contributed by atoms with E-state index < -0.39 is 0 Å². The predicted octanol–water partition coefficient (Wildman–Crippen LogP) is 1.27. The van der Waals surface area contributed by atoms with Crippen molar-refractivity contribution in [2.24, 2.45) is 0 Å². The number of nitrogen functional groups attached to an aromatic ring is 1. The summed E-state index contributed by atoms with van der Waals surface area (Å²) in [7, 11) is 2.04. The molecule has 0 aromatic carbocycles. The van der Waals surface area contributed by atoms with Gasteiger partial charge in [0.15, 0.2) is 0 Å². The van der Waals surface area contributed by atoms with E-state index in [-0.39, 0.29) is 0 Å². The molecule has 1 aromatic rings. The molecule has 0 radical (unpaired) electrons. The van der Waals surface area contributed by atoms with Crippen molar-refractivity contribution in [2.45, 2.75) is 6.04 Å². The minimum absolute atomic E-state index is 0.321. The second kappa shape index (κ2) is 5.22. The first kappa shape index (κ1) is 12.0. The Hall–Kier alpha value is -0.500. The number of rotatable bonds is 3. The number of likely N-dealkylation sites (N-methyl/N-ethyl adjacent to an activating group) is 1. The molecule has 88 valence electrons. The lowest BCUT2D eigenvalue weighted by molar-refractivity contribution is 0.266. The number of nitrogens with two attached hydrogens (primary N) is 1. The summed E-state index contributed by atoms with van der Waals surface area (Å²) in [5, 5.41) is 0. The Balaban J connectivity index is 1.89. The second-order valence-corrected chi connectivity index (χ2v) is 5.48. The number of pyridine rings is 1. The maximum Gasteiger partial charge on any atom is 0.228 e. The van der Waals surface area contributed by atoms with Gasteiger partial charge in [-0.3, -0.25) is 0 Å². The maximum absolute atomic E-state index is 5.61. The molecule has 1 unspecified atom stereocenters. The van der Waals surface area contributed by atoms with Gasteiger partial charge >= 0.3 is 0 Å². The SMILES string of the molecule is CN1CC(COc2ncc(N)cc2Br)NS1. The second-order valence-electron chi connectivity index (χ2n) is 3.58. The normalized spacial score (nSPS) is 21.2. The maximum atomic E-state index is 5.61. The summed E-state index contributed by atoms with van der Waals surface area (Å²) in [4.78, 5) is 4.12. The molecule has 0 amide bonds. The highest BCUT2D eigenvalue weighted by Crippen LogP contribution is 2.24. The summed E-state index contributed by atoms with van der Waals surface area (Å²) >= 11 is 4.96. The summed E-state index contributed by atoms with van der Waals surface area (Å²) in [5.41, 5.74) is 6.21. The summed E-state index contributed by atoms with van der Waals surface area (Å²) in [6.45, 7) is 1.55. The van der Waals surface area contributed by atoms with Crippen LogP contribution in [-0.2, 0) is 0 Å². The Bertz CT molecular complexity index is 379. The number of nitrogens with one attached hydrogen (secondary N) is 1. The van der Waals surface area contributed by atoms with Crippen LogP contribution in [0.1, 0.15) is 0 Å². The van der Waals surface area contributed by atoms with Crippen LogP contribution in [0.3, 0.4) is 0 Å². The fourth-order valence-electron chi connectivity index (χ4n) is 1.36. The van der Waals surface area contributed by atoms with Crippen LogP contribution in [0.15, 0.2) is 16.7 Å². The fraction of sp³-hybridized carbons (Fsp3) is 0.444. The monoisotopic (exact) mass is 304 g/mol. The van der Waals surface area contributed by atoms with Crippen molar-refractivity contribution in [3.8, 4) is 5.88 Å². The average molecular weight is 305 g/mol. The minimum Gasteiger partial charge on any atom is -0.475 e. The molecule has 1 saturated heterocycles. The van der Waals surface area contributed by atoms with E-state index in [0.29, 0.717) is 24.2 Å². The third-order valence-corrected chi connectivity index (χ3v) is 3.57. The van der Waals surface area contributed by atoms with E-state index in [2.05, 4.69) is 29.9 Å². The Morgan fingerprint density at radius 1 is 1.81 bits per heavy atom. The number of aromatic nitrogens is 1. The van der Waals surface area contributed by atoms with E-state index in [1.165, 1.54) is 0 Å². The number of nitrogens with zero attached hydrogens (tertiary/aromatic N) is 2. The van der Waals surface area contributed by atoms with Gasteiger partial charge in [-0.2, -0.15) is 0 Å². The van der Waals surface area contributed by atoms with Gasteiger partial charge < -0.3 is 10.5 Å². The van der Waals surface area contributed by atoms with E-state index in [1.807, 2.05) is 7.05 Å². The van der Waals surface area contributed by atoms with Gasteiger partial charge in [0, 0.05) is 18.7 Å². The third kappa shape index (κ3) is 3.00. The molecule has 2 heterocycles. The molecule has 2 rings (SSSR count). The average Bonchev–Trinajstić information content (AvgIpc) is 2.63. The van der Waals surface area contributed by atoms with Gasteiger partial charge in [0.2, 0.25) is 5.88 Å². The van der Waals surface area contributed by atoms with E-state index in [4.69, 9.17) is 10.5 Å². The van der Waals surface area contributed by atoms with Crippen LogP contribution in [0.5, 0.6) is 5.88 Å². The number of hydrogen-bond donors (Lipinski definition) is 2. The highest BCUT2D eigenvalue weighted by atomic mass is 79.9. The zero-order valence-corrected chi connectivity index (χ0v) is 11.2. The molecule has 0 bridgehead atoms. The summed E-state index contributed by atoms with van der Waals surface area (Å²) in [6, 6.07) is 2.10. The lowest BCUT2D eigenvalue weighted by Crippen LogP contribution is -2.29. The highest BCUT2D eigenvalue weighted by molar-refractivity contribution is 9.10. The smallest absolute Gasteiger partial charge is 0.228 e. The first-order valence-corrected chi connectivity index (χ1v) is 6.39. The third-order valence-electron chi connectivity index (χ3n) is 2.10. The van der Waals surface area contributed by atoms with Crippen LogP contribution in [0.2, 0.25) is 0 Å². The van der Waals surface area contributed by atoms with Crippen LogP contribution in [0.25, 0.3) is 0 Å². The van der Waals surface area contributed by atoms with Crippen molar-refractivity contribution in [2.75, 3.05) is 25.9 Å². The molecule has 3 N–H and O–H groups in total. The Morgan fingerprint density at radius 3 is 3.25 bits per heavy atom. The van der Waals surface area contributed by atoms with Gasteiger partial charge in [-0.15, -0.1) is 0 Å². The molecule has 0 aliphatic carbocycles. The van der Waals surface area contributed by atoms with Gasteiger partial charge in [0.1, 0.15) is 6.61 Å². The van der Waals surface area contributed by atoms with Crippen LogP contribution >= 0.6 is 28.1 Å². The molecular formula is C9H13BrN4OS. The molecule has 1 aliphatic heterocycles. The van der Waals surface area contributed by atoms with E-state index in [0.717, 1.165) is 11.0 Å². The van der Waals surface area contributed by atoms with Crippen molar-refractivity contribution in [1.82, 2.24) is 14.0 Å². The van der Waals surface area contributed by atoms with Crippen molar-refractivity contribution in [3.63, 3.8) is 0 Å². The molecule has 1 fully saturated rings. The zero-order chi connectivity index (χ0) is 11.5. The molecule has 1 aliphatic rings. The van der Waals surface area contributed by atoms with Gasteiger partial charge in [0.25, 0.3) is 0 Å². The van der Waals surface area contributed by atoms with Crippen LogP contribution in [0.4, 0.5) is 5.69 Å². The van der Waals surface area contributed by atoms with Gasteiger partial charge in [-0.25, -0.2) is 14.0 Å². The molecule has 0 spiro atoms. The van der Waals surface area contributed by atoms with E-state index in [9.17, 15) is 0 Å². The van der Waals surface area contributed by atoms with Crippen LogP contribution < -0.4 is 15.2 Å². The molecular weight excluding hydrogens is 292 g/mol. The van der Waals surface area contributed by atoms with Crippen LogP contribution in [-0.4, -0.2) is 35.5 Å². The van der Waals surface area contributed by atoms with E-state index in [1.54, 1.807) is 24.4 Å². The topological polar surface area (TPSA) is 63.4 Å². The summed E-state index contributed by atoms with van der Waals surface area (Å²) < 4.78 is 11.8. The summed E-state index contributed by atoms with van der Waals surface area (Å²) in [5.74, 6) is 0.579. The fourth-order valence-corrected chi connectivity index (χ4v) is 2.57. The van der Waals surface area contributed by atoms with Gasteiger partial charge in [-0.05, 0) is 29.0 Å². The standard InChI is InChI=1S/C9H13BrN4OS/c1-14-4-7(13-16-14)5-15-9-8(10)2-6(11)3-12-9/h2-3,7,13H,4-5,11H2,1H3. The number of halogens is 1. The lowest BCUT2D eigenvalue weighted by atomic mass is 10.3. The van der Waals surface area contributed by atoms with Crippen molar-refractivity contribution in [1.29, 1.82) is 0 Å².